The molecule has 0 saturated carbocycles. The molecule has 0 aromatic carbocycles. The minimum atomic E-state index is -0.784. The van der Waals surface area contributed by atoms with Gasteiger partial charge in [-0.2, -0.15) is 0 Å². The molecule has 0 fully saturated rings. The van der Waals surface area contributed by atoms with E-state index in [0.717, 1.165) is 0 Å². The van der Waals surface area contributed by atoms with Crippen molar-refractivity contribution in [1.82, 2.24) is 0 Å². The van der Waals surface area contributed by atoms with Crippen molar-refractivity contribution in [2.45, 2.75) is 32.5 Å². The second-order valence-electron chi connectivity index (χ2n) is 2.60. The maximum Gasteiger partial charge on any atom is 0.123 e. The van der Waals surface area contributed by atoms with Crippen molar-refractivity contribution < 1.29 is 9.84 Å². The molecule has 1 unspecified atom stereocenters. The third-order valence-corrected chi connectivity index (χ3v) is 1.30. The number of aliphatic hydroxyl groups is 1. The monoisotopic (exact) mass is 130 g/mol. The summed E-state index contributed by atoms with van der Waals surface area (Å²) in [7, 11) is 0. The third-order valence-electron chi connectivity index (χ3n) is 1.30. The summed E-state index contributed by atoms with van der Waals surface area (Å²) in [5.41, 5.74) is -0.784. The Labute approximate surface area is 56.1 Å². The van der Waals surface area contributed by atoms with E-state index in [-0.39, 0.29) is 6.10 Å². The molecule has 0 amide bonds. The van der Waals surface area contributed by atoms with Crippen LogP contribution in [-0.2, 0) is 4.74 Å². The van der Waals surface area contributed by atoms with Crippen LogP contribution in [0.25, 0.3) is 0 Å². The van der Waals surface area contributed by atoms with Gasteiger partial charge in [0, 0.05) is 0 Å². The molecule has 0 radical (unpaired) electrons. The minimum absolute atomic E-state index is 0.199. The fraction of sp³-hybridized carbons (Fsp3) is 0.714. The highest BCUT2D eigenvalue weighted by Crippen LogP contribution is 2.10. The van der Waals surface area contributed by atoms with Gasteiger partial charge in [-0.1, -0.05) is 6.58 Å². The molecular formula is C7H14O2. The normalized spacial score (nSPS) is 14.7. The van der Waals surface area contributed by atoms with Gasteiger partial charge in [0.05, 0.1) is 11.9 Å². The molecule has 0 aliphatic rings. The summed E-state index contributed by atoms with van der Waals surface area (Å²) in [5, 5.41) is 9.24. The molecule has 0 saturated heterocycles. The van der Waals surface area contributed by atoms with Gasteiger partial charge in [-0.25, -0.2) is 0 Å². The third kappa shape index (κ3) is 3.14. The first kappa shape index (κ1) is 8.50. The van der Waals surface area contributed by atoms with Crippen LogP contribution in [0.5, 0.6) is 0 Å². The quantitative estimate of drug-likeness (QED) is 0.583. The summed E-state index contributed by atoms with van der Waals surface area (Å²) in [6, 6.07) is 0. The van der Waals surface area contributed by atoms with E-state index < -0.39 is 5.60 Å². The minimum Gasteiger partial charge on any atom is -0.496 e. The van der Waals surface area contributed by atoms with Gasteiger partial charge in [0.15, 0.2) is 0 Å². The molecule has 1 atom stereocenters. The topological polar surface area (TPSA) is 29.5 Å². The number of ether oxygens (including phenoxy) is 1. The van der Waals surface area contributed by atoms with Gasteiger partial charge in [-0.15, -0.1) is 0 Å². The Balaban J connectivity index is 3.72. The molecule has 0 bridgehead atoms. The molecule has 2 nitrogen and oxygen atoms in total. The second-order valence-corrected chi connectivity index (χ2v) is 2.60. The number of rotatable bonds is 3. The van der Waals surface area contributed by atoms with Crippen LogP contribution in [0.1, 0.15) is 20.8 Å². The predicted molar refractivity (Wildman–Crippen MR) is 37.0 cm³/mol. The Hall–Kier alpha value is -0.500. The van der Waals surface area contributed by atoms with E-state index in [2.05, 4.69) is 6.58 Å². The summed E-state index contributed by atoms with van der Waals surface area (Å²) in [6.45, 7) is 8.57. The molecule has 1 N–H and O–H groups in total. The average Bonchev–Trinajstić information content (AvgIpc) is 1.64. The Morgan fingerprint density at radius 2 is 2.11 bits per heavy atom. The van der Waals surface area contributed by atoms with Crippen LogP contribution in [0.3, 0.4) is 0 Å². The van der Waals surface area contributed by atoms with Crippen LogP contribution >= 0.6 is 0 Å². The highest BCUT2D eigenvalue weighted by Gasteiger charge is 2.22. The van der Waals surface area contributed by atoms with Crippen molar-refractivity contribution in [3.63, 3.8) is 0 Å². The standard InChI is InChI=1S/C7H14O2/c1-5-9-6(2)7(3,4)8/h5-6,8H,1H2,2-4H3. The molecule has 0 aromatic rings. The van der Waals surface area contributed by atoms with Gasteiger partial charge >= 0.3 is 0 Å². The second kappa shape index (κ2) is 2.87. The summed E-state index contributed by atoms with van der Waals surface area (Å²) in [4.78, 5) is 0. The maximum absolute atomic E-state index is 9.24. The van der Waals surface area contributed by atoms with E-state index >= 15 is 0 Å². The average molecular weight is 130 g/mol. The largest absolute Gasteiger partial charge is 0.496 e. The zero-order valence-electron chi connectivity index (χ0n) is 6.22. The zero-order valence-corrected chi connectivity index (χ0v) is 6.22. The van der Waals surface area contributed by atoms with Gasteiger partial charge in [-0.3, -0.25) is 0 Å². The predicted octanol–water partition coefficient (Wildman–Crippen LogP) is 1.31. The van der Waals surface area contributed by atoms with Crippen molar-refractivity contribution in [3.8, 4) is 0 Å². The smallest absolute Gasteiger partial charge is 0.123 e. The molecule has 0 spiro atoms. The van der Waals surface area contributed by atoms with Crippen LogP contribution in [0, 0.1) is 0 Å². The Morgan fingerprint density at radius 3 is 2.22 bits per heavy atom. The first-order valence-electron chi connectivity index (χ1n) is 2.97. The maximum atomic E-state index is 9.24. The molecule has 0 aromatic heterocycles. The first-order chi connectivity index (χ1) is 3.98. The lowest BCUT2D eigenvalue weighted by Crippen LogP contribution is -2.34. The summed E-state index contributed by atoms with van der Waals surface area (Å²) < 4.78 is 4.92. The van der Waals surface area contributed by atoms with E-state index in [1.54, 1.807) is 20.8 Å². The lowest BCUT2D eigenvalue weighted by Gasteiger charge is -2.24. The highest BCUT2D eigenvalue weighted by molar-refractivity contribution is 4.75. The molecule has 0 heterocycles. The molecule has 0 aliphatic carbocycles. The zero-order chi connectivity index (χ0) is 7.49. The van der Waals surface area contributed by atoms with Crippen LogP contribution in [0.4, 0.5) is 0 Å². The Kier molecular flexibility index (Phi) is 2.71. The first-order valence-corrected chi connectivity index (χ1v) is 2.97. The Bertz CT molecular complexity index is 91.6. The molecule has 54 valence electrons. The lowest BCUT2D eigenvalue weighted by molar-refractivity contribution is -0.0442. The van der Waals surface area contributed by atoms with E-state index in [1.165, 1.54) is 6.26 Å². The number of hydrogen-bond donors (Lipinski definition) is 1. The molecule has 0 aliphatic heterocycles. The fourth-order valence-electron chi connectivity index (χ4n) is 0.311. The fourth-order valence-corrected chi connectivity index (χ4v) is 0.311. The van der Waals surface area contributed by atoms with E-state index in [4.69, 9.17) is 4.74 Å². The number of hydrogen-bond acceptors (Lipinski definition) is 2. The van der Waals surface area contributed by atoms with Crippen LogP contribution < -0.4 is 0 Å². The van der Waals surface area contributed by atoms with Crippen LogP contribution in [-0.4, -0.2) is 16.8 Å². The van der Waals surface area contributed by atoms with Crippen LogP contribution in [0.15, 0.2) is 12.8 Å². The van der Waals surface area contributed by atoms with Crippen molar-refractivity contribution in [1.29, 1.82) is 0 Å². The van der Waals surface area contributed by atoms with Crippen molar-refractivity contribution in [3.05, 3.63) is 12.8 Å². The summed E-state index contributed by atoms with van der Waals surface area (Å²) in [5.74, 6) is 0. The van der Waals surface area contributed by atoms with E-state index in [0.29, 0.717) is 0 Å². The van der Waals surface area contributed by atoms with Crippen molar-refractivity contribution in [2.24, 2.45) is 0 Å². The van der Waals surface area contributed by atoms with E-state index in [1.807, 2.05) is 0 Å². The summed E-state index contributed by atoms with van der Waals surface area (Å²) >= 11 is 0. The Morgan fingerprint density at radius 1 is 1.67 bits per heavy atom. The SMILES string of the molecule is C=COC(C)C(C)(C)O. The molecule has 0 rings (SSSR count). The highest BCUT2D eigenvalue weighted by atomic mass is 16.5. The van der Waals surface area contributed by atoms with E-state index in [9.17, 15) is 5.11 Å². The van der Waals surface area contributed by atoms with Crippen molar-refractivity contribution >= 4 is 0 Å². The van der Waals surface area contributed by atoms with Gasteiger partial charge < -0.3 is 9.84 Å². The lowest BCUT2D eigenvalue weighted by atomic mass is 10.0. The molecular weight excluding hydrogens is 116 g/mol. The van der Waals surface area contributed by atoms with Gasteiger partial charge in [-0.05, 0) is 20.8 Å². The van der Waals surface area contributed by atoms with Gasteiger partial charge in [0.25, 0.3) is 0 Å². The van der Waals surface area contributed by atoms with Crippen molar-refractivity contribution in [2.75, 3.05) is 0 Å². The van der Waals surface area contributed by atoms with Gasteiger partial charge in [0.1, 0.15) is 6.10 Å². The molecule has 2 heteroatoms. The van der Waals surface area contributed by atoms with Crippen LogP contribution in [0.2, 0.25) is 0 Å². The van der Waals surface area contributed by atoms with Gasteiger partial charge in [0.2, 0.25) is 0 Å². The molecule has 9 heavy (non-hydrogen) atoms. The summed E-state index contributed by atoms with van der Waals surface area (Å²) in [6.07, 6.45) is 1.14.